The number of sulfonamides is 1. The Balaban J connectivity index is 1.52. The maximum atomic E-state index is 13.5. The molecule has 1 amide bonds. The van der Waals surface area contributed by atoms with Gasteiger partial charge in [-0.05, 0) is 44.0 Å². The second-order valence-electron chi connectivity index (χ2n) is 7.27. The summed E-state index contributed by atoms with van der Waals surface area (Å²) in [6.07, 6.45) is 0.375. The van der Waals surface area contributed by atoms with Gasteiger partial charge in [0.2, 0.25) is 10.0 Å². The molecule has 6 nitrogen and oxygen atoms in total. The Morgan fingerprint density at radius 3 is 2.45 bits per heavy atom. The fraction of sp³-hybridized carbons (Fsp3) is 0.350. The lowest BCUT2D eigenvalue weighted by Gasteiger charge is -2.39. The molecule has 0 radical (unpaired) electrons. The number of carbonyl (C=O) groups is 1. The number of hydrogen-bond donors (Lipinski definition) is 0. The van der Waals surface area contributed by atoms with E-state index in [-0.39, 0.29) is 30.6 Å². The van der Waals surface area contributed by atoms with Crippen LogP contribution in [0.1, 0.15) is 24.0 Å². The number of piperidine rings is 1. The largest absolute Gasteiger partial charge is 0.444 e. The van der Waals surface area contributed by atoms with Gasteiger partial charge in [0.1, 0.15) is 6.61 Å². The van der Waals surface area contributed by atoms with Crippen molar-refractivity contribution in [2.24, 2.45) is 0 Å². The van der Waals surface area contributed by atoms with Gasteiger partial charge in [-0.2, -0.15) is 4.31 Å². The molecule has 29 heavy (non-hydrogen) atoms. The first-order chi connectivity index (χ1) is 13.8. The molecule has 0 atom stereocenters. The van der Waals surface area contributed by atoms with Crippen molar-refractivity contribution in [1.29, 1.82) is 0 Å². The van der Waals surface area contributed by atoms with Crippen LogP contribution in [0.2, 0.25) is 0 Å². The molecule has 2 heterocycles. The summed E-state index contributed by atoms with van der Waals surface area (Å²) in [5, 5.41) is 0. The molecule has 0 unspecified atom stereocenters. The number of carbonyl (C=O) groups excluding carboxylic acids is 1. The number of amides is 1. The molecule has 0 N–H and O–H groups in total. The van der Waals surface area contributed by atoms with Crippen LogP contribution in [-0.2, 0) is 21.4 Å². The van der Waals surface area contributed by atoms with Crippen molar-refractivity contribution in [1.82, 2.24) is 4.31 Å². The predicted octanol–water partition coefficient (Wildman–Crippen LogP) is 3.58. The molecule has 2 aliphatic heterocycles. The highest BCUT2D eigenvalue weighted by atomic mass is 32.2. The normalized spacial score (nSPS) is 18.4. The predicted molar refractivity (Wildman–Crippen MR) is 102 cm³/mol. The van der Waals surface area contributed by atoms with Crippen molar-refractivity contribution in [2.45, 2.75) is 37.3 Å². The van der Waals surface area contributed by atoms with Crippen LogP contribution in [-0.4, -0.2) is 37.9 Å². The Kier molecular flexibility index (Phi) is 5.04. The highest BCUT2D eigenvalue weighted by Crippen LogP contribution is 2.33. The Morgan fingerprint density at radius 2 is 1.76 bits per heavy atom. The number of anilines is 1. The molecule has 0 bridgehead atoms. The number of benzene rings is 2. The van der Waals surface area contributed by atoms with Crippen molar-refractivity contribution in [3.8, 4) is 0 Å². The van der Waals surface area contributed by atoms with Crippen molar-refractivity contribution < 1.29 is 26.7 Å². The van der Waals surface area contributed by atoms with Crippen LogP contribution in [0.15, 0.2) is 41.3 Å². The lowest BCUT2D eigenvalue weighted by molar-refractivity contribution is 0.135. The van der Waals surface area contributed by atoms with Crippen LogP contribution < -0.4 is 4.90 Å². The summed E-state index contributed by atoms with van der Waals surface area (Å²) in [5.74, 6) is -2.30. The molecule has 4 rings (SSSR count). The zero-order valence-corrected chi connectivity index (χ0v) is 16.6. The molecule has 0 aliphatic carbocycles. The number of rotatable bonds is 3. The minimum absolute atomic E-state index is 0.164. The van der Waals surface area contributed by atoms with Gasteiger partial charge in [0, 0.05) is 24.7 Å². The summed E-state index contributed by atoms with van der Waals surface area (Å²) < 4.78 is 58.7. The molecule has 1 saturated heterocycles. The minimum atomic E-state index is -3.94. The Morgan fingerprint density at radius 1 is 1.03 bits per heavy atom. The molecule has 1 fully saturated rings. The fourth-order valence-electron chi connectivity index (χ4n) is 3.85. The van der Waals surface area contributed by atoms with E-state index in [0.717, 1.165) is 28.9 Å². The number of fused-ring (bicyclic) bond motifs is 1. The standard InChI is InChI=1S/C20H20F2N2O4S/c1-13-2-5-19-14(10-13)12-28-20(25)24(19)15-6-8-23(9-7-15)29(26,27)16-3-4-17(21)18(22)11-16/h2-5,10-11,15H,6-9,12H2,1H3. The van der Waals surface area contributed by atoms with Crippen molar-refractivity contribution >= 4 is 21.8 Å². The molecule has 9 heteroatoms. The van der Waals surface area contributed by atoms with Gasteiger partial charge in [0.25, 0.3) is 0 Å². The van der Waals surface area contributed by atoms with Gasteiger partial charge in [0.15, 0.2) is 11.6 Å². The number of nitrogens with zero attached hydrogens (tertiary/aromatic N) is 2. The first-order valence-corrected chi connectivity index (χ1v) is 10.7. The first kappa shape index (κ1) is 19.8. The van der Waals surface area contributed by atoms with E-state index in [2.05, 4.69) is 0 Å². The summed E-state index contributed by atoms with van der Waals surface area (Å²) in [7, 11) is -3.94. The molecule has 0 aromatic heterocycles. The van der Waals surface area contributed by atoms with Gasteiger partial charge in [-0.25, -0.2) is 22.0 Å². The summed E-state index contributed by atoms with van der Waals surface area (Å²) in [6, 6.07) is 8.12. The summed E-state index contributed by atoms with van der Waals surface area (Å²) in [4.78, 5) is 13.7. The molecule has 0 saturated carbocycles. The van der Waals surface area contributed by atoms with Gasteiger partial charge in [-0.15, -0.1) is 0 Å². The number of halogens is 2. The van der Waals surface area contributed by atoms with Crippen LogP contribution in [0.25, 0.3) is 0 Å². The maximum Gasteiger partial charge on any atom is 0.414 e. The quantitative estimate of drug-likeness (QED) is 0.758. The van der Waals surface area contributed by atoms with E-state index >= 15 is 0 Å². The van der Waals surface area contributed by atoms with Crippen LogP contribution in [0.5, 0.6) is 0 Å². The topological polar surface area (TPSA) is 66.9 Å². The second kappa shape index (κ2) is 7.38. The van der Waals surface area contributed by atoms with Crippen LogP contribution in [0.3, 0.4) is 0 Å². The molecular weight excluding hydrogens is 402 g/mol. The zero-order valence-electron chi connectivity index (χ0n) is 15.8. The van der Waals surface area contributed by atoms with E-state index in [9.17, 15) is 22.0 Å². The highest BCUT2D eigenvalue weighted by molar-refractivity contribution is 7.89. The van der Waals surface area contributed by atoms with Crippen molar-refractivity contribution in [2.75, 3.05) is 18.0 Å². The van der Waals surface area contributed by atoms with E-state index in [1.165, 1.54) is 4.31 Å². The average Bonchev–Trinajstić information content (AvgIpc) is 2.70. The lowest BCUT2D eigenvalue weighted by atomic mass is 10.0. The molecule has 2 aliphatic rings. The number of hydrogen-bond acceptors (Lipinski definition) is 4. The van der Waals surface area contributed by atoms with Crippen molar-refractivity contribution in [3.05, 3.63) is 59.2 Å². The number of aryl methyl sites for hydroxylation is 1. The van der Waals surface area contributed by atoms with Crippen molar-refractivity contribution in [3.63, 3.8) is 0 Å². The molecule has 2 aromatic rings. The fourth-order valence-corrected chi connectivity index (χ4v) is 5.33. The molecule has 154 valence electrons. The van der Waals surface area contributed by atoms with Gasteiger partial charge in [-0.1, -0.05) is 17.7 Å². The second-order valence-corrected chi connectivity index (χ2v) is 9.21. The third-order valence-corrected chi connectivity index (χ3v) is 7.25. The smallest absolute Gasteiger partial charge is 0.414 e. The van der Waals surface area contributed by atoms with E-state index in [1.54, 1.807) is 4.90 Å². The van der Waals surface area contributed by atoms with Crippen LogP contribution in [0, 0.1) is 18.6 Å². The minimum Gasteiger partial charge on any atom is -0.444 e. The van der Waals surface area contributed by atoms with Crippen LogP contribution >= 0.6 is 0 Å². The Hall–Kier alpha value is -2.52. The molecule has 2 aromatic carbocycles. The maximum absolute atomic E-state index is 13.5. The van der Waals surface area contributed by atoms with Gasteiger partial charge >= 0.3 is 6.09 Å². The molecule has 0 spiro atoms. The third-order valence-electron chi connectivity index (χ3n) is 5.36. The average molecular weight is 422 g/mol. The van der Waals surface area contributed by atoms with E-state index in [1.807, 2.05) is 25.1 Å². The van der Waals surface area contributed by atoms with Crippen LogP contribution in [0.4, 0.5) is 19.3 Å². The van der Waals surface area contributed by atoms with E-state index in [4.69, 9.17) is 4.74 Å². The monoisotopic (exact) mass is 422 g/mol. The Bertz CT molecular complexity index is 1070. The summed E-state index contributed by atoms with van der Waals surface area (Å²) in [5.41, 5.74) is 2.77. The van der Waals surface area contributed by atoms with Gasteiger partial charge in [0.05, 0.1) is 10.6 Å². The third kappa shape index (κ3) is 3.60. The summed E-state index contributed by atoms with van der Waals surface area (Å²) in [6.45, 7) is 2.51. The van der Waals surface area contributed by atoms with E-state index in [0.29, 0.717) is 18.9 Å². The Labute approximate surface area is 167 Å². The number of cyclic esters (lactones) is 1. The van der Waals surface area contributed by atoms with Gasteiger partial charge in [-0.3, -0.25) is 4.90 Å². The van der Waals surface area contributed by atoms with Gasteiger partial charge < -0.3 is 4.74 Å². The number of ether oxygens (including phenoxy) is 1. The highest BCUT2D eigenvalue weighted by Gasteiger charge is 2.37. The SMILES string of the molecule is Cc1ccc2c(c1)COC(=O)N2C1CCN(S(=O)(=O)c2ccc(F)c(F)c2)CC1. The lowest BCUT2D eigenvalue weighted by Crippen LogP contribution is -2.50. The zero-order chi connectivity index (χ0) is 20.8. The molecular formula is C20H20F2N2O4S. The van der Waals surface area contributed by atoms with E-state index < -0.39 is 27.8 Å². The first-order valence-electron chi connectivity index (χ1n) is 9.28. The summed E-state index contributed by atoms with van der Waals surface area (Å²) >= 11 is 0.